The second-order valence-corrected chi connectivity index (χ2v) is 4.80. The lowest BCUT2D eigenvalue weighted by molar-refractivity contribution is 0.632. The van der Waals surface area contributed by atoms with Crippen LogP contribution in [0.25, 0.3) is 0 Å². The molecule has 1 saturated heterocycles. The minimum atomic E-state index is 0.420. The maximum Gasteiger partial charge on any atom is 0.188 e. The van der Waals surface area contributed by atoms with Crippen LogP contribution in [0.3, 0.4) is 0 Å². The van der Waals surface area contributed by atoms with Crippen molar-refractivity contribution in [1.29, 1.82) is 0 Å². The third-order valence-electron chi connectivity index (χ3n) is 2.74. The van der Waals surface area contributed by atoms with Crippen molar-refractivity contribution in [3.05, 3.63) is 29.7 Å². The number of aromatic nitrogens is 3. The first-order chi connectivity index (χ1) is 8.42. The van der Waals surface area contributed by atoms with Crippen molar-refractivity contribution < 1.29 is 0 Å². The molecule has 3 rings (SSSR count). The average Bonchev–Trinajstić information content (AvgIpc) is 3.00. The highest BCUT2D eigenvalue weighted by atomic mass is 32.1. The summed E-state index contributed by atoms with van der Waals surface area (Å²) in [5.41, 5.74) is 1.12. The molecule has 0 bridgehead atoms. The first-order valence-electron chi connectivity index (χ1n) is 5.64. The maximum atomic E-state index is 4.56. The molecule has 17 heavy (non-hydrogen) atoms. The molecule has 1 aliphatic rings. The van der Waals surface area contributed by atoms with E-state index in [0.717, 1.165) is 23.2 Å². The van der Waals surface area contributed by atoms with E-state index < -0.39 is 0 Å². The van der Waals surface area contributed by atoms with Crippen molar-refractivity contribution >= 4 is 22.3 Å². The fourth-order valence-electron chi connectivity index (χ4n) is 1.91. The zero-order chi connectivity index (χ0) is 11.5. The number of anilines is 2. The molecule has 2 N–H and O–H groups in total. The van der Waals surface area contributed by atoms with Crippen LogP contribution in [0.15, 0.2) is 24.0 Å². The van der Waals surface area contributed by atoms with Gasteiger partial charge in [-0.3, -0.25) is 4.98 Å². The summed E-state index contributed by atoms with van der Waals surface area (Å²) in [5.74, 6) is 0.729. The summed E-state index contributed by atoms with van der Waals surface area (Å²) in [6.07, 6.45) is 7.41. The van der Waals surface area contributed by atoms with Gasteiger partial charge >= 0.3 is 0 Å². The van der Waals surface area contributed by atoms with Crippen LogP contribution in [0, 0.1) is 0 Å². The van der Waals surface area contributed by atoms with Crippen LogP contribution >= 0.6 is 11.3 Å². The SMILES string of the molecule is c1cnc(Nc2nc([C@@H]3CCCN3)cs2)cn1. The Morgan fingerprint density at radius 2 is 2.41 bits per heavy atom. The number of rotatable bonds is 3. The fraction of sp³-hybridized carbons (Fsp3) is 0.364. The van der Waals surface area contributed by atoms with Gasteiger partial charge in [-0.1, -0.05) is 0 Å². The molecule has 0 radical (unpaired) electrons. The predicted molar refractivity (Wildman–Crippen MR) is 67.4 cm³/mol. The van der Waals surface area contributed by atoms with E-state index in [-0.39, 0.29) is 0 Å². The number of hydrogen-bond acceptors (Lipinski definition) is 6. The van der Waals surface area contributed by atoms with Gasteiger partial charge in [-0.05, 0) is 19.4 Å². The van der Waals surface area contributed by atoms with Crippen LogP contribution < -0.4 is 10.6 Å². The van der Waals surface area contributed by atoms with E-state index in [1.165, 1.54) is 12.8 Å². The third-order valence-corrected chi connectivity index (χ3v) is 3.51. The standard InChI is InChI=1S/C11H13N5S/c1-2-8(13-3-1)9-7-17-11(15-9)16-10-6-12-4-5-14-10/h4-8,13H,1-3H2,(H,14,15,16)/t8-/m0/s1. The molecule has 0 saturated carbocycles. The van der Waals surface area contributed by atoms with Gasteiger partial charge in [-0.25, -0.2) is 9.97 Å². The van der Waals surface area contributed by atoms with E-state index in [2.05, 4.69) is 31.0 Å². The number of thiazole rings is 1. The first-order valence-corrected chi connectivity index (χ1v) is 6.51. The summed E-state index contributed by atoms with van der Waals surface area (Å²) in [4.78, 5) is 12.7. The van der Waals surface area contributed by atoms with Crippen molar-refractivity contribution in [2.24, 2.45) is 0 Å². The number of nitrogens with one attached hydrogen (secondary N) is 2. The summed E-state index contributed by atoms with van der Waals surface area (Å²) in [6, 6.07) is 0.420. The van der Waals surface area contributed by atoms with Crippen LogP contribution in [-0.2, 0) is 0 Å². The molecule has 6 heteroatoms. The van der Waals surface area contributed by atoms with Crippen molar-refractivity contribution in [2.75, 3.05) is 11.9 Å². The van der Waals surface area contributed by atoms with Crippen molar-refractivity contribution in [3.8, 4) is 0 Å². The molecule has 2 aromatic heterocycles. The van der Waals surface area contributed by atoms with Gasteiger partial charge in [-0.15, -0.1) is 11.3 Å². The minimum Gasteiger partial charge on any atom is -0.315 e. The Kier molecular flexibility index (Phi) is 2.98. The molecule has 88 valence electrons. The molecule has 0 unspecified atom stereocenters. The Labute approximate surface area is 103 Å². The number of nitrogens with zero attached hydrogens (tertiary/aromatic N) is 3. The summed E-state index contributed by atoms with van der Waals surface area (Å²) >= 11 is 1.60. The molecule has 5 nitrogen and oxygen atoms in total. The zero-order valence-electron chi connectivity index (χ0n) is 9.26. The highest BCUT2D eigenvalue weighted by Crippen LogP contribution is 2.27. The lowest BCUT2D eigenvalue weighted by Gasteiger charge is -2.05. The van der Waals surface area contributed by atoms with Gasteiger partial charge in [0.1, 0.15) is 0 Å². The van der Waals surface area contributed by atoms with E-state index >= 15 is 0 Å². The van der Waals surface area contributed by atoms with E-state index in [9.17, 15) is 0 Å². The highest BCUT2D eigenvalue weighted by molar-refractivity contribution is 7.13. The van der Waals surface area contributed by atoms with Crippen LogP contribution in [0.1, 0.15) is 24.6 Å². The molecule has 1 fully saturated rings. The van der Waals surface area contributed by atoms with Gasteiger partial charge in [-0.2, -0.15) is 0 Å². The Bertz CT molecular complexity index is 478. The van der Waals surface area contributed by atoms with Crippen LogP contribution in [0.2, 0.25) is 0 Å². The second kappa shape index (κ2) is 4.77. The smallest absolute Gasteiger partial charge is 0.188 e. The number of hydrogen-bond donors (Lipinski definition) is 2. The molecule has 1 atom stereocenters. The highest BCUT2D eigenvalue weighted by Gasteiger charge is 2.18. The fourth-order valence-corrected chi connectivity index (χ4v) is 2.68. The van der Waals surface area contributed by atoms with E-state index in [1.54, 1.807) is 29.9 Å². The van der Waals surface area contributed by atoms with Gasteiger partial charge in [0, 0.05) is 17.8 Å². The molecule has 2 aromatic rings. The Morgan fingerprint density at radius 1 is 1.41 bits per heavy atom. The topological polar surface area (TPSA) is 62.7 Å². The predicted octanol–water partition coefficient (Wildman–Crippen LogP) is 2.10. The summed E-state index contributed by atoms with van der Waals surface area (Å²) < 4.78 is 0. The summed E-state index contributed by atoms with van der Waals surface area (Å²) in [5, 5.41) is 9.56. The van der Waals surface area contributed by atoms with Gasteiger partial charge in [0.05, 0.1) is 17.9 Å². The average molecular weight is 247 g/mol. The lowest BCUT2D eigenvalue weighted by atomic mass is 10.2. The third kappa shape index (κ3) is 2.42. The second-order valence-electron chi connectivity index (χ2n) is 3.94. The summed E-state index contributed by atoms with van der Waals surface area (Å²) in [7, 11) is 0. The maximum absolute atomic E-state index is 4.56. The van der Waals surface area contributed by atoms with Gasteiger partial charge in [0.15, 0.2) is 10.9 Å². The van der Waals surface area contributed by atoms with E-state index in [1.807, 2.05) is 0 Å². The molecule has 0 spiro atoms. The van der Waals surface area contributed by atoms with Crippen molar-refractivity contribution in [3.63, 3.8) is 0 Å². The summed E-state index contributed by atoms with van der Waals surface area (Å²) in [6.45, 7) is 1.09. The van der Waals surface area contributed by atoms with Gasteiger partial charge < -0.3 is 10.6 Å². The Balaban J connectivity index is 1.72. The first kappa shape index (κ1) is 10.6. The Hall–Kier alpha value is -1.53. The molecule has 0 aliphatic carbocycles. The van der Waals surface area contributed by atoms with Crippen LogP contribution in [0.5, 0.6) is 0 Å². The van der Waals surface area contributed by atoms with Crippen molar-refractivity contribution in [1.82, 2.24) is 20.3 Å². The van der Waals surface area contributed by atoms with Gasteiger partial charge in [0.25, 0.3) is 0 Å². The Morgan fingerprint density at radius 3 is 3.18 bits per heavy atom. The minimum absolute atomic E-state index is 0.420. The lowest BCUT2D eigenvalue weighted by Crippen LogP contribution is -2.13. The van der Waals surface area contributed by atoms with Gasteiger partial charge in [0.2, 0.25) is 0 Å². The van der Waals surface area contributed by atoms with E-state index in [0.29, 0.717) is 6.04 Å². The molecule has 3 heterocycles. The zero-order valence-corrected chi connectivity index (χ0v) is 10.1. The monoisotopic (exact) mass is 247 g/mol. The van der Waals surface area contributed by atoms with Crippen LogP contribution in [0.4, 0.5) is 10.9 Å². The molecule has 1 aliphatic heterocycles. The molecular weight excluding hydrogens is 234 g/mol. The molecule has 0 amide bonds. The molecule has 0 aromatic carbocycles. The normalized spacial score (nSPS) is 19.4. The van der Waals surface area contributed by atoms with E-state index in [4.69, 9.17) is 0 Å². The largest absolute Gasteiger partial charge is 0.315 e. The quantitative estimate of drug-likeness (QED) is 0.869. The van der Waals surface area contributed by atoms with Crippen molar-refractivity contribution in [2.45, 2.75) is 18.9 Å². The van der Waals surface area contributed by atoms with Crippen LogP contribution in [-0.4, -0.2) is 21.5 Å². The molecular formula is C11H13N5S.